The van der Waals surface area contributed by atoms with E-state index in [1.54, 1.807) is 4.90 Å². The summed E-state index contributed by atoms with van der Waals surface area (Å²) in [4.78, 5) is 26.8. The molecule has 1 fully saturated rings. The summed E-state index contributed by atoms with van der Waals surface area (Å²) in [6.45, 7) is 8.64. The summed E-state index contributed by atoms with van der Waals surface area (Å²) in [6, 6.07) is 7.67. The van der Waals surface area contributed by atoms with Crippen molar-refractivity contribution in [1.82, 2.24) is 10.2 Å². The number of benzene rings is 1. The Morgan fingerprint density at radius 2 is 1.96 bits per heavy atom. The monoisotopic (exact) mass is 362 g/mol. The molecule has 1 saturated heterocycles. The SMILES string of the molecule is CCOCCCNC(=O)[C@]1(C)CCC(=O)N1Cc1ccc(OCC)cc1. The molecule has 6 heteroatoms. The van der Waals surface area contributed by atoms with Gasteiger partial charge in [0.05, 0.1) is 6.61 Å². The van der Waals surface area contributed by atoms with E-state index >= 15 is 0 Å². The van der Waals surface area contributed by atoms with Gasteiger partial charge < -0.3 is 19.7 Å². The highest BCUT2D eigenvalue weighted by Gasteiger charge is 2.46. The van der Waals surface area contributed by atoms with Crippen LogP contribution in [0.4, 0.5) is 0 Å². The fourth-order valence-corrected chi connectivity index (χ4v) is 3.15. The molecule has 1 aromatic carbocycles. The number of nitrogens with one attached hydrogen (secondary N) is 1. The van der Waals surface area contributed by atoms with E-state index in [1.807, 2.05) is 45.0 Å². The van der Waals surface area contributed by atoms with Crippen molar-refractivity contribution in [2.24, 2.45) is 0 Å². The summed E-state index contributed by atoms with van der Waals surface area (Å²) < 4.78 is 10.7. The molecular weight excluding hydrogens is 332 g/mol. The van der Waals surface area contributed by atoms with Crippen LogP contribution in [0, 0.1) is 0 Å². The first-order chi connectivity index (χ1) is 12.5. The minimum Gasteiger partial charge on any atom is -0.494 e. The third-order valence-electron chi connectivity index (χ3n) is 4.74. The van der Waals surface area contributed by atoms with Gasteiger partial charge in [0.1, 0.15) is 11.3 Å². The molecule has 0 unspecified atom stereocenters. The van der Waals surface area contributed by atoms with Crippen LogP contribution < -0.4 is 10.1 Å². The molecular formula is C20H30N2O4. The Morgan fingerprint density at radius 3 is 2.62 bits per heavy atom. The van der Waals surface area contributed by atoms with E-state index in [0.717, 1.165) is 17.7 Å². The Labute approximate surface area is 155 Å². The van der Waals surface area contributed by atoms with E-state index in [-0.39, 0.29) is 11.8 Å². The van der Waals surface area contributed by atoms with Crippen molar-refractivity contribution < 1.29 is 19.1 Å². The number of likely N-dealkylation sites (tertiary alicyclic amines) is 1. The van der Waals surface area contributed by atoms with Crippen LogP contribution >= 0.6 is 0 Å². The van der Waals surface area contributed by atoms with Crippen molar-refractivity contribution in [3.05, 3.63) is 29.8 Å². The molecule has 2 rings (SSSR count). The lowest BCUT2D eigenvalue weighted by molar-refractivity contribution is -0.141. The molecule has 0 radical (unpaired) electrons. The number of rotatable bonds is 10. The molecule has 1 heterocycles. The summed E-state index contributed by atoms with van der Waals surface area (Å²) in [7, 11) is 0. The van der Waals surface area contributed by atoms with Crippen molar-refractivity contribution in [3.8, 4) is 5.75 Å². The van der Waals surface area contributed by atoms with Crippen molar-refractivity contribution in [2.75, 3.05) is 26.4 Å². The first-order valence-corrected chi connectivity index (χ1v) is 9.39. The Morgan fingerprint density at radius 1 is 1.23 bits per heavy atom. The molecule has 6 nitrogen and oxygen atoms in total. The van der Waals surface area contributed by atoms with Crippen LogP contribution in [-0.2, 0) is 20.9 Å². The topological polar surface area (TPSA) is 67.9 Å². The van der Waals surface area contributed by atoms with Crippen molar-refractivity contribution >= 4 is 11.8 Å². The standard InChI is InChI=1S/C20H30N2O4/c1-4-25-14-6-13-21-19(24)20(3)12-11-18(23)22(20)15-16-7-9-17(10-8-16)26-5-2/h7-10H,4-6,11-15H2,1-3H3,(H,21,24)/t20-/m0/s1. The van der Waals surface area contributed by atoms with Gasteiger partial charge in [-0.1, -0.05) is 12.1 Å². The fourth-order valence-electron chi connectivity index (χ4n) is 3.15. The molecule has 1 aliphatic heterocycles. The Hall–Kier alpha value is -2.08. The summed E-state index contributed by atoms with van der Waals surface area (Å²) in [5.74, 6) is 0.732. The van der Waals surface area contributed by atoms with Crippen LogP contribution in [0.3, 0.4) is 0 Å². The van der Waals surface area contributed by atoms with Gasteiger partial charge in [-0.15, -0.1) is 0 Å². The second-order valence-corrected chi connectivity index (χ2v) is 6.64. The maximum absolute atomic E-state index is 12.7. The second kappa shape index (κ2) is 9.57. The number of carbonyl (C=O) groups is 2. The average Bonchev–Trinajstić information content (AvgIpc) is 2.93. The van der Waals surface area contributed by atoms with Crippen LogP contribution in [0.5, 0.6) is 5.75 Å². The number of hydrogen-bond donors (Lipinski definition) is 1. The molecule has 1 N–H and O–H groups in total. The van der Waals surface area contributed by atoms with Gasteiger partial charge in [0, 0.05) is 32.7 Å². The highest BCUT2D eigenvalue weighted by atomic mass is 16.5. The zero-order valence-corrected chi connectivity index (χ0v) is 16.0. The fraction of sp³-hybridized carbons (Fsp3) is 0.600. The third kappa shape index (κ3) is 4.97. The Balaban J connectivity index is 1.98. The van der Waals surface area contributed by atoms with Crippen LogP contribution in [0.15, 0.2) is 24.3 Å². The molecule has 1 aromatic rings. The first-order valence-electron chi connectivity index (χ1n) is 9.39. The molecule has 0 aliphatic carbocycles. The number of carbonyl (C=O) groups excluding carboxylic acids is 2. The van der Waals surface area contributed by atoms with Gasteiger partial charge in [0.2, 0.25) is 11.8 Å². The van der Waals surface area contributed by atoms with Gasteiger partial charge in [-0.05, 0) is 51.3 Å². The third-order valence-corrected chi connectivity index (χ3v) is 4.74. The molecule has 1 atom stereocenters. The maximum atomic E-state index is 12.7. The van der Waals surface area contributed by atoms with Crippen LogP contribution in [0.2, 0.25) is 0 Å². The van der Waals surface area contributed by atoms with Gasteiger partial charge in [0.25, 0.3) is 0 Å². The molecule has 2 amide bonds. The van der Waals surface area contributed by atoms with Crippen molar-refractivity contribution in [3.63, 3.8) is 0 Å². The van der Waals surface area contributed by atoms with E-state index in [2.05, 4.69) is 5.32 Å². The highest BCUT2D eigenvalue weighted by molar-refractivity contribution is 5.94. The van der Waals surface area contributed by atoms with Crippen LogP contribution in [0.1, 0.15) is 45.6 Å². The number of hydrogen-bond acceptors (Lipinski definition) is 4. The molecule has 1 aliphatic rings. The molecule has 0 spiro atoms. The molecule has 0 bridgehead atoms. The van der Waals surface area contributed by atoms with Gasteiger partial charge in [-0.3, -0.25) is 9.59 Å². The molecule has 26 heavy (non-hydrogen) atoms. The maximum Gasteiger partial charge on any atom is 0.245 e. The van der Waals surface area contributed by atoms with Gasteiger partial charge in [-0.25, -0.2) is 0 Å². The van der Waals surface area contributed by atoms with E-state index in [4.69, 9.17) is 9.47 Å². The Kier molecular flexibility index (Phi) is 7.45. The van der Waals surface area contributed by atoms with Crippen molar-refractivity contribution in [1.29, 1.82) is 0 Å². The smallest absolute Gasteiger partial charge is 0.245 e. The Bertz CT molecular complexity index is 602. The van der Waals surface area contributed by atoms with Crippen molar-refractivity contribution in [2.45, 2.75) is 52.1 Å². The first kappa shape index (κ1) is 20.2. The average molecular weight is 362 g/mol. The van der Waals surface area contributed by atoms with E-state index in [0.29, 0.717) is 45.8 Å². The molecule has 0 aromatic heterocycles. The number of ether oxygens (including phenoxy) is 2. The van der Waals surface area contributed by atoms with E-state index in [1.165, 1.54) is 0 Å². The lowest BCUT2D eigenvalue weighted by atomic mass is 9.97. The predicted molar refractivity (Wildman–Crippen MR) is 99.9 cm³/mol. The number of nitrogens with zero attached hydrogens (tertiary/aromatic N) is 1. The summed E-state index contributed by atoms with van der Waals surface area (Å²) in [5.41, 5.74) is 0.181. The van der Waals surface area contributed by atoms with Crippen LogP contribution in [-0.4, -0.2) is 48.6 Å². The normalized spacial score (nSPS) is 19.7. The lowest BCUT2D eigenvalue weighted by Crippen LogP contribution is -2.54. The summed E-state index contributed by atoms with van der Waals surface area (Å²) in [6.07, 6.45) is 1.71. The van der Waals surface area contributed by atoms with Gasteiger partial charge in [0.15, 0.2) is 0 Å². The molecule has 0 saturated carbocycles. The summed E-state index contributed by atoms with van der Waals surface area (Å²) >= 11 is 0. The minimum absolute atomic E-state index is 0.0193. The van der Waals surface area contributed by atoms with E-state index in [9.17, 15) is 9.59 Å². The zero-order valence-electron chi connectivity index (χ0n) is 16.0. The predicted octanol–water partition coefficient (Wildman–Crippen LogP) is 2.51. The number of amides is 2. The quantitative estimate of drug-likeness (QED) is 0.650. The van der Waals surface area contributed by atoms with Gasteiger partial charge in [-0.2, -0.15) is 0 Å². The zero-order chi connectivity index (χ0) is 19.0. The van der Waals surface area contributed by atoms with E-state index < -0.39 is 5.54 Å². The largest absolute Gasteiger partial charge is 0.494 e. The minimum atomic E-state index is -0.804. The molecule has 144 valence electrons. The highest BCUT2D eigenvalue weighted by Crippen LogP contribution is 2.32. The lowest BCUT2D eigenvalue weighted by Gasteiger charge is -2.34. The van der Waals surface area contributed by atoms with Gasteiger partial charge >= 0.3 is 0 Å². The second-order valence-electron chi connectivity index (χ2n) is 6.64. The van der Waals surface area contributed by atoms with Crippen LogP contribution in [0.25, 0.3) is 0 Å². The summed E-state index contributed by atoms with van der Waals surface area (Å²) in [5, 5.41) is 2.95.